The number of fused-ring (bicyclic) bond motifs is 1. The third kappa shape index (κ3) is 4.73. The summed E-state index contributed by atoms with van der Waals surface area (Å²) < 4.78 is 29.9. The van der Waals surface area contributed by atoms with Gasteiger partial charge in [-0.3, -0.25) is 0 Å². The minimum Gasteiger partial charge on any atom is -0.203 e. The number of halogens is 2. The molecule has 1 atom stereocenters. The number of allylic oxidation sites excluding steroid dienone is 2. The van der Waals surface area contributed by atoms with E-state index in [-0.39, 0.29) is 5.92 Å². The van der Waals surface area contributed by atoms with Crippen LogP contribution in [0.1, 0.15) is 89.2 Å². The van der Waals surface area contributed by atoms with Crippen molar-refractivity contribution in [2.75, 3.05) is 0 Å². The molecule has 0 amide bonds. The molecule has 0 nitrogen and oxygen atoms in total. The summed E-state index contributed by atoms with van der Waals surface area (Å²) in [6.45, 7) is 6.62. The van der Waals surface area contributed by atoms with Crippen molar-refractivity contribution in [3.05, 3.63) is 59.2 Å². The first-order valence-corrected chi connectivity index (χ1v) is 12.5. The van der Waals surface area contributed by atoms with Gasteiger partial charge in [0.2, 0.25) is 0 Å². The Morgan fingerprint density at radius 1 is 0.903 bits per heavy atom. The summed E-state index contributed by atoms with van der Waals surface area (Å²) in [4.78, 5) is 0. The Bertz CT molecular complexity index is 912. The minimum absolute atomic E-state index is 0.152. The summed E-state index contributed by atoms with van der Waals surface area (Å²) in [5, 5.41) is 1.26. The summed E-state index contributed by atoms with van der Waals surface area (Å²) in [5.74, 6) is 1.99. The van der Waals surface area contributed by atoms with Gasteiger partial charge in [0.25, 0.3) is 0 Å². The van der Waals surface area contributed by atoms with E-state index in [0.29, 0.717) is 10.9 Å². The fraction of sp³-hybridized carbons (Fsp3) is 0.586. The Morgan fingerprint density at radius 3 is 2.16 bits per heavy atom. The van der Waals surface area contributed by atoms with E-state index in [9.17, 15) is 4.39 Å². The minimum atomic E-state index is -0.656. The van der Waals surface area contributed by atoms with Crippen LogP contribution in [-0.4, -0.2) is 0 Å². The van der Waals surface area contributed by atoms with Crippen molar-refractivity contribution in [1.82, 2.24) is 0 Å². The van der Waals surface area contributed by atoms with E-state index >= 15 is 4.39 Å². The first kappa shape index (κ1) is 22.5. The number of aryl methyl sites for hydroxylation is 1. The average molecular weight is 425 g/mol. The predicted octanol–water partition coefficient (Wildman–Crippen LogP) is 8.97. The Hall–Kier alpha value is -1.70. The first-order chi connectivity index (χ1) is 15.0. The van der Waals surface area contributed by atoms with Crippen LogP contribution in [0, 0.1) is 35.3 Å². The maximum Gasteiger partial charge on any atom is 0.166 e. The maximum atomic E-state index is 15.0. The van der Waals surface area contributed by atoms with Crippen molar-refractivity contribution in [3.63, 3.8) is 0 Å². The van der Waals surface area contributed by atoms with Gasteiger partial charge in [0, 0.05) is 5.39 Å². The van der Waals surface area contributed by atoms with Crippen molar-refractivity contribution in [1.29, 1.82) is 0 Å². The average Bonchev–Trinajstić information content (AvgIpc) is 2.81. The number of benzene rings is 2. The van der Waals surface area contributed by atoms with Crippen LogP contribution in [0.4, 0.5) is 8.78 Å². The largest absolute Gasteiger partial charge is 0.203 e. The maximum absolute atomic E-state index is 15.0. The van der Waals surface area contributed by atoms with Crippen LogP contribution in [0.3, 0.4) is 0 Å². The van der Waals surface area contributed by atoms with Crippen molar-refractivity contribution in [2.45, 2.75) is 84.5 Å². The van der Waals surface area contributed by atoms with E-state index in [1.54, 1.807) is 6.07 Å². The normalized spacial score (nSPS) is 28.3. The van der Waals surface area contributed by atoms with Crippen molar-refractivity contribution in [3.8, 4) is 0 Å². The molecule has 168 valence electrons. The Labute approximate surface area is 187 Å². The lowest BCUT2D eigenvalue weighted by Crippen LogP contribution is -2.28. The molecule has 2 aromatic carbocycles. The van der Waals surface area contributed by atoms with Gasteiger partial charge in [0.15, 0.2) is 11.6 Å². The molecule has 31 heavy (non-hydrogen) atoms. The van der Waals surface area contributed by atoms with E-state index in [1.807, 2.05) is 25.1 Å². The topological polar surface area (TPSA) is 0 Å². The molecule has 2 saturated carbocycles. The van der Waals surface area contributed by atoms with Gasteiger partial charge in [-0.1, -0.05) is 38.1 Å². The SMILES string of the molecule is C/C=C/C1CCC(C(C)C2CCC(c3cc4ccc(CC)cc4c(F)c3F)CC2)CC1. The monoisotopic (exact) mass is 424 g/mol. The molecule has 0 aromatic heterocycles. The van der Waals surface area contributed by atoms with E-state index in [0.717, 1.165) is 66.7 Å². The summed E-state index contributed by atoms with van der Waals surface area (Å²) in [5.41, 5.74) is 1.65. The molecule has 2 heteroatoms. The molecule has 0 bridgehead atoms. The number of hydrogen-bond donors (Lipinski definition) is 0. The van der Waals surface area contributed by atoms with E-state index < -0.39 is 11.6 Å². The predicted molar refractivity (Wildman–Crippen MR) is 127 cm³/mol. The van der Waals surface area contributed by atoms with Gasteiger partial charge in [-0.2, -0.15) is 0 Å². The van der Waals surface area contributed by atoms with Gasteiger partial charge in [0.1, 0.15) is 0 Å². The molecule has 0 N–H and O–H groups in total. The second-order valence-corrected chi connectivity index (χ2v) is 10.2. The standard InChI is InChI=1S/C29H38F2/c1-4-6-21-8-10-22(11-9-21)19(3)23-13-15-24(16-14-23)27-18-25-12-7-20(5-2)17-26(25)28(30)29(27)31/h4,6-7,12,17-19,21-24H,5,8-11,13-16H2,1-3H3/b6-4+. The molecule has 0 radical (unpaired) electrons. The molecular weight excluding hydrogens is 386 g/mol. The fourth-order valence-electron chi connectivity index (χ4n) is 6.39. The van der Waals surface area contributed by atoms with E-state index in [1.165, 1.54) is 25.7 Å². The van der Waals surface area contributed by atoms with Gasteiger partial charge in [-0.15, -0.1) is 0 Å². The van der Waals surface area contributed by atoms with Crippen LogP contribution in [0.2, 0.25) is 0 Å². The smallest absolute Gasteiger partial charge is 0.166 e. The van der Waals surface area contributed by atoms with Gasteiger partial charge < -0.3 is 0 Å². The van der Waals surface area contributed by atoms with E-state index in [4.69, 9.17) is 0 Å². The Morgan fingerprint density at radius 2 is 1.55 bits per heavy atom. The molecular formula is C29H38F2. The number of rotatable bonds is 5. The zero-order valence-corrected chi connectivity index (χ0v) is 19.5. The molecule has 2 aromatic rings. The second kappa shape index (κ2) is 9.84. The zero-order chi connectivity index (χ0) is 22.0. The van der Waals surface area contributed by atoms with Gasteiger partial charge in [-0.05, 0) is 123 Å². The zero-order valence-electron chi connectivity index (χ0n) is 19.5. The quantitative estimate of drug-likeness (QED) is 0.420. The van der Waals surface area contributed by atoms with Gasteiger partial charge in [-0.25, -0.2) is 8.78 Å². The molecule has 4 rings (SSSR count). The molecule has 2 aliphatic rings. The van der Waals surface area contributed by atoms with Gasteiger partial charge in [0.05, 0.1) is 0 Å². The highest BCUT2D eigenvalue weighted by Gasteiger charge is 2.33. The van der Waals surface area contributed by atoms with Crippen LogP contribution in [0.15, 0.2) is 36.4 Å². The third-order valence-corrected chi connectivity index (χ3v) is 8.50. The second-order valence-electron chi connectivity index (χ2n) is 10.2. The molecule has 0 heterocycles. The summed E-state index contributed by atoms with van der Waals surface area (Å²) in [7, 11) is 0. The summed E-state index contributed by atoms with van der Waals surface area (Å²) >= 11 is 0. The molecule has 0 spiro atoms. The molecule has 0 saturated heterocycles. The lowest BCUT2D eigenvalue weighted by molar-refractivity contribution is 0.142. The molecule has 0 aliphatic heterocycles. The fourth-order valence-corrected chi connectivity index (χ4v) is 6.39. The third-order valence-electron chi connectivity index (χ3n) is 8.50. The molecule has 1 unspecified atom stereocenters. The van der Waals surface area contributed by atoms with Crippen LogP contribution < -0.4 is 0 Å². The molecule has 2 fully saturated rings. The van der Waals surface area contributed by atoms with Crippen LogP contribution in [0.5, 0.6) is 0 Å². The van der Waals surface area contributed by atoms with Crippen LogP contribution >= 0.6 is 0 Å². The number of hydrogen-bond acceptors (Lipinski definition) is 0. The lowest BCUT2D eigenvalue weighted by Gasteiger charge is -2.39. The summed E-state index contributed by atoms with van der Waals surface area (Å²) in [6, 6.07) is 7.72. The lowest BCUT2D eigenvalue weighted by atomic mass is 9.67. The molecule has 2 aliphatic carbocycles. The van der Waals surface area contributed by atoms with Crippen molar-refractivity contribution >= 4 is 10.8 Å². The first-order valence-electron chi connectivity index (χ1n) is 12.5. The van der Waals surface area contributed by atoms with Crippen molar-refractivity contribution in [2.24, 2.45) is 23.7 Å². The highest BCUT2D eigenvalue weighted by atomic mass is 19.2. The van der Waals surface area contributed by atoms with Crippen molar-refractivity contribution < 1.29 is 8.78 Å². The van der Waals surface area contributed by atoms with Crippen LogP contribution in [-0.2, 0) is 6.42 Å². The highest BCUT2D eigenvalue weighted by Crippen LogP contribution is 2.45. The Kier molecular flexibility index (Phi) is 7.14. The highest BCUT2D eigenvalue weighted by molar-refractivity contribution is 5.85. The summed E-state index contributed by atoms with van der Waals surface area (Å²) in [6.07, 6.45) is 15.0. The van der Waals surface area contributed by atoms with E-state index in [2.05, 4.69) is 26.0 Å². The Balaban J connectivity index is 1.42. The van der Waals surface area contributed by atoms with Crippen LogP contribution in [0.25, 0.3) is 10.8 Å². The van der Waals surface area contributed by atoms with Gasteiger partial charge >= 0.3 is 0 Å².